The Labute approximate surface area is 122 Å². The minimum Gasteiger partial charge on any atom is -0.461 e. The number of nitrogens with two attached hydrogens (primary N) is 1. The lowest BCUT2D eigenvalue weighted by atomic mass is 9.80. The van der Waals surface area contributed by atoms with Crippen LogP contribution in [-0.4, -0.2) is 11.5 Å². The van der Waals surface area contributed by atoms with Crippen molar-refractivity contribution in [1.82, 2.24) is 0 Å². The van der Waals surface area contributed by atoms with Crippen molar-refractivity contribution < 1.29 is 9.53 Å². The maximum absolute atomic E-state index is 11.9. The van der Waals surface area contributed by atoms with Crippen LogP contribution in [0.15, 0.2) is 28.7 Å². The summed E-state index contributed by atoms with van der Waals surface area (Å²) in [7, 11) is 0. The molecule has 1 saturated carbocycles. The Kier molecular flexibility index (Phi) is 4.99. The second-order valence-electron chi connectivity index (χ2n) is 5.35. The summed E-state index contributed by atoms with van der Waals surface area (Å²) in [5, 5.41) is 0. The van der Waals surface area contributed by atoms with Crippen LogP contribution >= 0.6 is 15.9 Å². The molecule has 1 fully saturated rings. The number of rotatable bonds is 4. The first-order chi connectivity index (χ1) is 9.09. The van der Waals surface area contributed by atoms with Crippen LogP contribution in [0.1, 0.15) is 44.1 Å². The standard InChI is InChI=1S/C15H20BrNO2/c16-13-7-3-2-6-12(13)11-19-14(18)10-15(17)8-4-1-5-9-15/h2-3,6-7H,1,4-5,8-11,17H2. The summed E-state index contributed by atoms with van der Waals surface area (Å²) in [6, 6.07) is 7.75. The molecular weight excluding hydrogens is 306 g/mol. The molecule has 0 amide bonds. The summed E-state index contributed by atoms with van der Waals surface area (Å²) >= 11 is 3.44. The molecule has 2 rings (SSSR count). The fourth-order valence-electron chi connectivity index (χ4n) is 2.54. The van der Waals surface area contributed by atoms with Crippen LogP contribution in [-0.2, 0) is 16.1 Å². The molecule has 0 radical (unpaired) electrons. The lowest BCUT2D eigenvalue weighted by molar-refractivity contribution is -0.146. The van der Waals surface area contributed by atoms with Crippen molar-refractivity contribution in [3.8, 4) is 0 Å². The van der Waals surface area contributed by atoms with E-state index in [4.69, 9.17) is 10.5 Å². The van der Waals surface area contributed by atoms with Gasteiger partial charge in [-0.05, 0) is 18.9 Å². The van der Waals surface area contributed by atoms with Crippen LogP contribution in [0.3, 0.4) is 0 Å². The number of benzene rings is 1. The highest BCUT2D eigenvalue weighted by Gasteiger charge is 2.30. The number of hydrogen-bond acceptors (Lipinski definition) is 3. The van der Waals surface area contributed by atoms with Gasteiger partial charge in [0, 0.05) is 15.6 Å². The van der Waals surface area contributed by atoms with Crippen molar-refractivity contribution in [2.45, 2.75) is 50.7 Å². The van der Waals surface area contributed by atoms with Crippen molar-refractivity contribution in [1.29, 1.82) is 0 Å². The van der Waals surface area contributed by atoms with Crippen molar-refractivity contribution in [3.05, 3.63) is 34.3 Å². The highest BCUT2D eigenvalue weighted by atomic mass is 79.9. The Morgan fingerprint density at radius 2 is 1.95 bits per heavy atom. The van der Waals surface area contributed by atoms with Crippen molar-refractivity contribution in [3.63, 3.8) is 0 Å². The molecule has 0 spiro atoms. The molecular formula is C15H20BrNO2. The van der Waals surface area contributed by atoms with Crippen LogP contribution in [0.4, 0.5) is 0 Å². The van der Waals surface area contributed by atoms with E-state index in [0.717, 1.165) is 35.7 Å². The zero-order valence-electron chi connectivity index (χ0n) is 11.0. The number of esters is 1. The van der Waals surface area contributed by atoms with Gasteiger partial charge in [0.1, 0.15) is 6.61 Å². The molecule has 1 aromatic rings. The lowest BCUT2D eigenvalue weighted by Crippen LogP contribution is -2.43. The van der Waals surface area contributed by atoms with Gasteiger partial charge in [-0.25, -0.2) is 0 Å². The molecule has 4 heteroatoms. The highest BCUT2D eigenvalue weighted by Crippen LogP contribution is 2.29. The summed E-state index contributed by atoms with van der Waals surface area (Å²) in [4.78, 5) is 11.9. The summed E-state index contributed by atoms with van der Waals surface area (Å²) in [5.41, 5.74) is 6.88. The van der Waals surface area contributed by atoms with Crippen LogP contribution in [0.2, 0.25) is 0 Å². The van der Waals surface area contributed by atoms with E-state index in [-0.39, 0.29) is 11.5 Å². The molecule has 3 nitrogen and oxygen atoms in total. The second kappa shape index (κ2) is 6.53. The van der Waals surface area contributed by atoms with Gasteiger partial charge >= 0.3 is 5.97 Å². The zero-order chi connectivity index (χ0) is 13.7. The largest absolute Gasteiger partial charge is 0.461 e. The molecule has 1 aromatic carbocycles. The average molecular weight is 326 g/mol. The Morgan fingerprint density at radius 3 is 2.63 bits per heavy atom. The number of halogens is 1. The van der Waals surface area contributed by atoms with E-state index in [0.29, 0.717) is 13.0 Å². The maximum Gasteiger partial charge on any atom is 0.307 e. The molecule has 1 aliphatic carbocycles. The van der Waals surface area contributed by atoms with Crippen molar-refractivity contribution >= 4 is 21.9 Å². The smallest absolute Gasteiger partial charge is 0.307 e. The predicted molar refractivity (Wildman–Crippen MR) is 78.6 cm³/mol. The van der Waals surface area contributed by atoms with Crippen LogP contribution in [0.25, 0.3) is 0 Å². The Morgan fingerprint density at radius 1 is 1.26 bits per heavy atom. The number of carbonyl (C=O) groups is 1. The topological polar surface area (TPSA) is 52.3 Å². The van der Waals surface area contributed by atoms with Crippen LogP contribution in [0, 0.1) is 0 Å². The van der Waals surface area contributed by atoms with Gasteiger partial charge in [0.15, 0.2) is 0 Å². The van der Waals surface area contributed by atoms with Crippen molar-refractivity contribution in [2.24, 2.45) is 5.73 Å². The molecule has 0 bridgehead atoms. The molecule has 0 atom stereocenters. The van der Waals surface area contributed by atoms with E-state index in [1.165, 1.54) is 6.42 Å². The van der Waals surface area contributed by atoms with Gasteiger partial charge < -0.3 is 10.5 Å². The first-order valence-corrected chi connectivity index (χ1v) is 7.56. The Balaban J connectivity index is 1.83. The van der Waals surface area contributed by atoms with Gasteiger partial charge in [-0.1, -0.05) is 53.4 Å². The lowest BCUT2D eigenvalue weighted by Gasteiger charge is -2.32. The van der Waals surface area contributed by atoms with Crippen LogP contribution in [0.5, 0.6) is 0 Å². The summed E-state index contributed by atoms with van der Waals surface area (Å²) in [5.74, 6) is -0.194. The van der Waals surface area contributed by atoms with Gasteiger partial charge in [-0.3, -0.25) is 4.79 Å². The first-order valence-electron chi connectivity index (χ1n) is 6.77. The van der Waals surface area contributed by atoms with Gasteiger partial charge in [0.05, 0.1) is 6.42 Å². The van der Waals surface area contributed by atoms with E-state index >= 15 is 0 Å². The summed E-state index contributed by atoms with van der Waals surface area (Å²) in [6.07, 6.45) is 5.65. The van der Waals surface area contributed by atoms with Gasteiger partial charge in [-0.2, -0.15) is 0 Å². The van der Waals surface area contributed by atoms with E-state index in [1.807, 2.05) is 24.3 Å². The minimum atomic E-state index is -0.344. The third-order valence-corrected chi connectivity index (χ3v) is 4.47. The Bertz CT molecular complexity index is 442. The molecule has 1 aliphatic rings. The maximum atomic E-state index is 11.9. The van der Waals surface area contributed by atoms with Crippen LogP contribution < -0.4 is 5.73 Å². The molecule has 0 aromatic heterocycles. The molecule has 0 unspecified atom stereocenters. The summed E-state index contributed by atoms with van der Waals surface area (Å²) < 4.78 is 6.29. The monoisotopic (exact) mass is 325 g/mol. The first kappa shape index (κ1) is 14.5. The second-order valence-corrected chi connectivity index (χ2v) is 6.21. The minimum absolute atomic E-state index is 0.194. The highest BCUT2D eigenvalue weighted by molar-refractivity contribution is 9.10. The van der Waals surface area contributed by atoms with E-state index in [2.05, 4.69) is 15.9 Å². The molecule has 19 heavy (non-hydrogen) atoms. The fourth-order valence-corrected chi connectivity index (χ4v) is 2.94. The van der Waals surface area contributed by atoms with E-state index < -0.39 is 0 Å². The predicted octanol–water partition coefficient (Wildman–Crippen LogP) is 3.54. The fraction of sp³-hybridized carbons (Fsp3) is 0.533. The molecule has 0 heterocycles. The SMILES string of the molecule is NC1(CC(=O)OCc2ccccc2Br)CCCCC1. The van der Waals surface area contributed by atoms with E-state index in [9.17, 15) is 4.79 Å². The summed E-state index contributed by atoms with van der Waals surface area (Å²) in [6.45, 7) is 0.302. The third kappa shape index (κ3) is 4.32. The van der Waals surface area contributed by atoms with Gasteiger partial charge in [0.2, 0.25) is 0 Å². The number of carbonyl (C=O) groups excluding carboxylic acids is 1. The molecule has 2 N–H and O–H groups in total. The number of hydrogen-bond donors (Lipinski definition) is 1. The number of ether oxygens (including phenoxy) is 1. The molecule has 0 saturated heterocycles. The quantitative estimate of drug-likeness (QED) is 0.861. The van der Waals surface area contributed by atoms with Crippen molar-refractivity contribution in [2.75, 3.05) is 0 Å². The Hall–Kier alpha value is -0.870. The molecule has 0 aliphatic heterocycles. The average Bonchev–Trinajstić information content (AvgIpc) is 2.38. The van der Waals surface area contributed by atoms with E-state index in [1.54, 1.807) is 0 Å². The zero-order valence-corrected chi connectivity index (χ0v) is 12.6. The molecule has 104 valence electrons. The normalized spacial score (nSPS) is 18.0. The van der Waals surface area contributed by atoms with Gasteiger partial charge in [0.25, 0.3) is 0 Å². The van der Waals surface area contributed by atoms with Gasteiger partial charge in [-0.15, -0.1) is 0 Å². The third-order valence-electron chi connectivity index (χ3n) is 3.69.